The number of rotatable bonds is 3. The third kappa shape index (κ3) is 1.57. The summed E-state index contributed by atoms with van der Waals surface area (Å²) in [5.74, 6) is 0.686. The van der Waals surface area contributed by atoms with Gasteiger partial charge in [0.2, 0.25) is 5.91 Å². The minimum atomic E-state index is -0.511. The molecule has 1 saturated carbocycles. The van der Waals surface area contributed by atoms with E-state index in [0.717, 1.165) is 19.3 Å². The average molecular weight is 183 g/mol. The second-order valence-electron chi connectivity index (χ2n) is 4.38. The van der Waals surface area contributed by atoms with Crippen molar-refractivity contribution in [2.24, 2.45) is 5.92 Å². The van der Waals surface area contributed by atoms with E-state index in [1.165, 1.54) is 0 Å². The van der Waals surface area contributed by atoms with Crippen LogP contribution in [0, 0.1) is 5.92 Å². The van der Waals surface area contributed by atoms with E-state index in [0.29, 0.717) is 25.4 Å². The fourth-order valence-corrected chi connectivity index (χ4v) is 2.04. The summed E-state index contributed by atoms with van der Waals surface area (Å²) in [6.45, 7) is 3.16. The number of carbonyl (C=O) groups excluding carboxylic acids is 1. The van der Waals surface area contributed by atoms with Crippen LogP contribution in [0.1, 0.15) is 32.6 Å². The summed E-state index contributed by atoms with van der Waals surface area (Å²) >= 11 is 0. The lowest BCUT2D eigenvalue weighted by atomic mass is 9.88. The Bertz CT molecular complexity index is 217. The summed E-state index contributed by atoms with van der Waals surface area (Å²) in [6, 6.07) is 0. The molecule has 74 valence electrons. The molecule has 1 N–H and O–H groups in total. The third-order valence-corrected chi connectivity index (χ3v) is 3.08. The number of β-amino-alcohol motifs (C(OH)–C–C–N with tert-alkyl or cyclic N) is 1. The Morgan fingerprint density at radius 2 is 2.15 bits per heavy atom. The molecule has 2 aliphatic rings. The van der Waals surface area contributed by atoms with Crippen molar-refractivity contribution >= 4 is 5.91 Å². The van der Waals surface area contributed by atoms with Crippen molar-refractivity contribution in [1.82, 2.24) is 4.90 Å². The van der Waals surface area contributed by atoms with Crippen molar-refractivity contribution in [3.8, 4) is 0 Å². The van der Waals surface area contributed by atoms with Crippen LogP contribution in [0.2, 0.25) is 0 Å². The van der Waals surface area contributed by atoms with Gasteiger partial charge < -0.3 is 10.0 Å². The summed E-state index contributed by atoms with van der Waals surface area (Å²) in [6.07, 6.45) is 3.82. The molecule has 2 rings (SSSR count). The predicted octanol–water partition coefficient (Wildman–Crippen LogP) is 0.770. The lowest BCUT2D eigenvalue weighted by Crippen LogP contribution is -2.64. The molecule has 1 saturated heterocycles. The Morgan fingerprint density at radius 1 is 1.54 bits per heavy atom. The largest absolute Gasteiger partial charge is 0.386 e. The Hall–Kier alpha value is -0.570. The molecule has 1 heterocycles. The van der Waals surface area contributed by atoms with E-state index in [-0.39, 0.29) is 5.91 Å². The van der Waals surface area contributed by atoms with Crippen molar-refractivity contribution in [3.05, 3.63) is 0 Å². The maximum absolute atomic E-state index is 11.4. The molecule has 0 unspecified atom stereocenters. The number of nitrogens with zero attached hydrogens (tertiary/aromatic N) is 1. The van der Waals surface area contributed by atoms with Crippen molar-refractivity contribution in [2.75, 3.05) is 13.1 Å². The number of hydrogen-bond acceptors (Lipinski definition) is 2. The highest BCUT2D eigenvalue weighted by Gasteiger charge is 2.52. The van der Waals surface area contributed by atoms with Crippen LogP contribution >= 0.6 is 0 Å². The SMILES string of the molecule is CCCC(=O)N1CC(O)(C2CC2)C1. The summed E-state index contributed by atoms with van der Waals surface area (Å²) in [4.78, 5) is 13.2. The number of hydrogen-bond donors (Lipinski definition) is 1. The minimum Gasteiger partial charge on any atom is -0.386 e. The van der Waals surface area contributed by atoms with Crippen LogP contribution in [0.5, 0.6) is 0 Å². The smallest absolute Gasteiger partial charge is 0.222 e. The first-order valence-corrected chi connectivity index (χ1v) is 5.16. The van der Waals surface area contributed by atoms with Crippen LogP contribution in [-0.2, 0) is 4.79 Å². The van der Waals surface area contributed by atoms with E-state index in [9.17, 15) is 9.90 Å². The van der Waals surface area contributed by atoms with Crippen LogP contribution in [0.4, 0.5) is 0 Å². The van der Waals surface area contributed by atoms with Crippen molar-refractivity contribution in [2.45, 2.75) is 38.2 Å². The van der Waals surface area contributed by atoms with Crippen LogP contribution in [0.25, 0.3) is 0 Å². The molecule has 1 amide bonds. The van der Waals surface area contributed by atoms with E-state index in [1.54, 1.807) is 4.90 Å². The van der Waals surface area contributed by atoms with Gasteiger partial charge in [-0.1, -0.05) is 6.92 Å². The van der Waals surface area contributed by atoms with Gasteiger partial charge in [-0.15, -0.1) is 0 Å². The molecule has 0 atom stereocenters. The predicted molar refractivity (Wildman–Crippen MR) is 49.2 cm³/mol. The number of likely N-dealkylation sites (tertiary alicyclic amines) is 1. The first-order chi connectivity index (χ1) is 6.15. The van der Waals surface area contributed by atoms with Gasteiger partial charge in [-0.2, -0.15) is 0 Å². The van der Waals surface area contributed by atoms with Crippen molar-refractivity contribution in [1.29, 1.82) is 0 Å². The topological polar surface area (TPSA) is 40.5 Å². The number of carbonyl (C=O) groups is 1. The fraction of sp³-hybridized carbons (Fsp3) is 0.900. The van der Waals surface area contributed by atoms with Crippen LogP contribution < -0.4 is 0 Å². The van der Waals surface area contributed by atoms with Gasteiger partial charge in [0, 0.05) is 6.42 Å². The minimum absolute atomic E-state index is 0.202. The van der Waals surface area contributed by atoms with E-state index >= 15 is 0 Å². The highest BCUT2D eigenvalue weighted by Crippen LogP contribution is 2.44. The lowest BCUT2D eigenvalue weighted by molar-refractivity contribution is -0.159. The van der Waals surface area contributed by atoms with Gasteiger partial charge >= 0.3 is 0 Å². The second kappa shape index (κ2) is 2.98. The zero-order valence-electron chi connectivity index (χ0n) is 8.12. The molecule has 0 spiro atoms. The molecule has 0 aromatic rings. The quantitative estimate of drug-likeness (QED) is 0.702. The molecule has 0 aromatic heterocycles. The molecule has 2 fully saturated rings. The average Bonchev–Trinajstić information content (AvgIpc) is 2.81. The summed E-state index contributed by atoms with van der Waals surface area (Å²) < 4.78 is 0. The number of aliphatic hydroxyl groups is 1. The number of amides is 1. The molecule has 13 heavy (non-hydrogen) atoms. The van der Waals surface area contributed by atoms with Gasteiger partial charge in [0.15, 0.2) is 0 Å². The van der Waals surface area contributed by atoms with Crippen LogP contribution in [0.15, 0.2) is 0 Å². The highest BCUT2D eigenvalue weighted by atomic mass is 16.3. The molecule has 0 aromatic carbocycles. The van der Waals surface area contributed by atoms with E-state index in [4.69, 9.17) is 0 Å². The first-order valence-electron chi connectivity index (χ1n) is 5.16. The molecule has 3 nitrogen and oxygen atoms in total. The first kappa shape index (κ1) is 9.00. The summed E-state index contributed by atoms with van der Waals surface area (Å²) in [5, 5.41) is 9.94. The molecule has 0 bridgehead atoms. The summed E-state index contributed by atoms with van der Waals surface area (Å²) in [7, 11) is 0. The second-order valence-corrected chi connectivity index (χ2v) is 4.38. The Kier molecular flexibility index (Phi) is 2.06. The maximum atomic E-state index is 11.4. The zero-order chi connectivity index (χ0) is 9.47. The molecular weight excluding hydrogens is 166 g/mol. The van der Waals surface area contributed by atoms with Gasteiger partial charge in [-0.05, 0) is 25.2 Å². The third-order valence-electron chi connectivity index (χ3n) is 3.08. The van der Waals surface area contributed by atoms with Gasteiger partial charge in [-0.3, -0.25) is 4.79 Å². The molecule has 1 aliphatic heterocycles. The van der Waals surface area contributed by atoms with E-state index in [2.05, 4.69) is 0 Å². The van der Waals surface area contributed by atoms with Gasteiger partial charge in [0.05, 0.1) is 13.1 Å². The molecule has 1 aliphatic carbocycles. The van der Waals surface area contributed by atoms with Gasteiger partial charge in [0.25, 0.3) is 0 Å². The standard InChI is InChI=1S/C10H17NO2/c1-2-3-9(12)11-6-10(13,7-11)8-4-5-8/h8,13H,2-7H2,1H3. The van der Waals surface area contributed by atoms with Crippen molar-refractivity contribution in [3.63, 3.8) is 0 Å². The van der Waals surface area contributed by atoms with Gasteiger partial charge in [-0.25, -0.2) is 0 Å². The van der Waals surface area contributed by atoms with Crippen LogP contribution in [0.3, 0.4) is 0 Å². The molecular formula is C10H17NO2. The van der Waals surface area contributed by atoms with Gasteiger partial charge in [0.1, 0.15) is 5.60 Å². The Morgan fingerprint density at radius 3 is 2.62 bits per heavy atom. The Labute approximate surface area is 78.7 Å². The lowest BCUT2D eigenvalue weighted by Gasteiger charge is -2.47. The van der Waals surface area contributed by atoms with E-state index < -0.39 is 5.60 Å². The van der Waals surface area contributed by atoms with Crippen molar-refractivity contribution < 1.29 is 9.90 Å². The van der Waals surface area contributed by atoms with E-state index in [1.807, 2.05) is 6.92 Å². The molecule has 0 radical (unpaired) electrons. The van der Waals surface area contributed by atoms with Crippen LogP contribution in [-0.4, -0.2) is 34.6 Å². The maximum Gasteiger partial charge on any atom is 0.222 e. The normalized spacial score (nSPS) is 25.5. The zero-order valence-corrected chi connectivity index (χ0v) is 8.12. The highest BCUT2D eigenvalue weighted by molar-refractivity contribution is 5.77. The summed E-state index contributed by atoms with van der Waals surface area (Å²) in [5.41, 5.74) is -0.511. The Balaban J connectivity index is 1.79. The monoisotopic (exact) mass is 183 g/mol. The molecule has 3 heteroatoms. The fourth-order valence-electron chi connectivity index (χ4n) is 2.04.